The molecule has 1 aromatic heterocycles. The highest BCUT2D eigenvalue weighted by Crippen LogP contribution is 2.19. The van der Waals surface area contributed by atoms with Crippen molar-refractivity contribution in [1.29, 1.82) is 0 Å². The summed E-state index contributed by atoms with van der Waals surface area (Å²) in [6.45, 7) is 1.56. The molecule has 6 heteroatoms. The van der Waals surface area contributed by atoms with Crippen molar-refractivity contribution >= 4 is 5.78 Å². The van der Waals surface area contributed by atoms with Crippen molar-refractivity contribution in [3.05, 3.63) is 23.5 Å². The molecule has 1 aromatic rings. The van der Waals surface area contributed by atoms with Crippen LogP contribution in [0.15, 0.2) is 12.3 Å². The summed E-state index contributed by atoms with van der Waals surface area (Å²) in [5.41, 5.74) is 0.728. The zero-order valence-corrected chi connectivity index (χ0v) is 8.76. The molecular weight excluding hydrogens is 223 g/mol. The Balaban J connectivity index is 2.78. The number of aromatic nitrogens is 1. The van der Waals surface area contributed by atoms with Crippen molar-refractivity contribution in [3.63, 3.8) is 0 Å². The maximum absolute atomic E-state index is 11.8. The molecule has 1 rings (SSSR count). The molecule has 16 heavy (non-hydrogen) atoms. The van der Waals surface area contributed by atoms with Crippen LogP contribution in [-0.4, -0.2) is 23.6 Å². The maximum atomic E-state index is 11.8. The van der Waals surface area contributed by atoms with E-state index >= 15 is 0 Å². The summed E-state index contributed by atoms with van der Waals surface area (Å²) in [6, 6.07) is 1.36. The topological polar surface area (TPSA) is 39.2 Å². The van der Waals surface area contributed by atoms with E-state index in [-0.39, 0.29) is 17.2 Å². The van der Waals surface area contributed by atoms with Gasteiger partial charge in [-0.15, -0.1) is 0 Å². The second kappa shape index (κ2) is 4.51. The molecule has 0 unspecified atom stereocenters. The molecule has 0 radical (unpaired) electrons. The molecule has 0 N–H and O–H groups in total. The second-order valence-corrected chi connectivity index (χ2v) is 3.30. The zero-order valence-electron chi connectivity index (χ0n) is 8.76. The van der Waals surface area contributed by atoms with Crippen LogP contribution in [-0.2, 0) is 0 Å². The Morgan fingerprint density at radius 1 is 1.50 bits per heavy atom. The monoisotopic (exact) mass is 233 g/mol. The van der Waals surface area contributed by atoms with Crippen LogP contribution in [0.3, 0.4) is 0 Å². The minimum Gasteiger partial charge on any atom is -0.482 e. The molecule has 0 saturated carbocycles. The van der Waals surface area contributed by atoms with Gasteiger partial charge in [-0.25, -0.2) is 4.98 Å². The lowest BCUT2D eigenvalue weighted by Crippen LogP contribution is -2.19. The molecular formula is C10H10F3NO2. The van der Waals surface area contributed by atoms with Gasteiger partial charge in [-0.3, -0.25) is 4.79 Å². The van der Waals surface area contributed by atoms with E-state index in [1.165, 1.54) is 13.0 Å². The van der Waals surface area contributed by atoms with Crippen LogP contribution >= 0.6 is 0 Å². The highest BCUT2D eigenvalue weighted by atomic mass is 19.4. The summed E-state index contributed by atoms with van der Waals surface area (Å²) in [5, 5.41) is 0. The maximum Gasteiger partial charge on any atom is 0.422 e. The Kier molecular flexibility index (Phi) is 3.51. The van der Waals surface area contributed by atoms with Crippen molar-refractivity contribution in [1.82, 2.24) is 4.98 Å². The lowest BCUT2D eigenvalue weighted by atomic mass is 10.1. The number of pyridine rings is 1. The molecule has 3 nitrogen and oxygen atoms in total. The van der Waals surface area contributed by atoms with Gasteiger partial charge in [0.25, 0.3) is 0 Å². The Hall–Kier alpha value is -1.59. The normalized spacial score (nSPS) is 11.3. The van der Waals surface area contributed by atoms with Crippen LogP contribution in [0.25, 0.3) is 0 Å². The molecule has 0 bridgehead atoms. The fraction of sp³-hybridized carbons (Fsp3) is 0.400. The van der Waals surface area contributed by atoms with E-state index in [2.05, 4.69) is 9.72 Å². The van der Waals surface area contributed by atoms with E-state index in [0.717, 1.165) is 6.20 Å². The number of hydrogen-bond donors (Lipinski definition) is 0. The summed E-state index contributed by atoms with van der Waals surface area (Å²) in [7, 11) is 0. The molecule has 88 valence electrons. The van der Waals surface area contributed by atoms with E-state index in [0.29, 0.717) is 5.56 Å². The minimum atomic E-state index is -4.38. The van der Waals surface area contributed by atoms with Crippen molar-refractivity contribution in [3.8, 4) is 5.75 Å². The van der Waals surface area contributed by atoms with Gasteiger partial charge in [0.1, 0.15) is 11.4 Å². The number of carbonyl (C=O) groups excluding carboxylic acids is 1. The van der Waals surface area contributed by atoms with Crippen LogP contribution in [0.2, 0.25) is 0 Å². The van der Waals surface area contributed by atoms with Gasteiger partial charge < -0.3 is 4.74 Å². The summed E-state index contributed by atoms with van der Waals surface area (Å²) in [5.74, 6) is -0.236. The third-order valence-corrected chi connectivity index (χ3v) is 1.79. The van der Waals surface area contributed by atoms with Gasteiger partial charge in [-0.1, -0.05) is 0 Å². The fourth-order valence-corrected chi connectivity index (χ4v) is 1.16. The van der Waals surface area contributed by atoms with E-state index in [1.54, 1.807) is 6.92 Å². The zero-order chi connectivity index (χ0) is 12.3. The predicted octanol–water partition coefficient (Wildman–Crippen LogP) is 2.53. The van der Waals surface area contributed by atoms with Gasteiger partial charge in [-0.2, -0.15) is 13.2 Å². The standard InChI is InChI=1S/C10H10F3NO2/c1-6-3-8(16-5-10(11,12)13)4-14-9(6)7(2)15/h3-4H,5H2,1-2H3. The molecule has 0 aliphatic rings. The number of ketones is 1. The number of rotatable bonds is 3. The summed E-state index contributed by atoms with van der Waals surface area (Å²) in [4.78, 5) is 14.7. The second-order valence-electron chi connectivity index (χ2n) is 3.30. The number of hydrogen-bond acceptors (Lipinski definition) is 3. The van der Waals surface area contributed by atoms with Gasteiger partial charge in [0.15, 0.2) is 12.4 Å². The molecule has 0 amide bonds. The van der Waals surface area contributed by atoms with E-state index in [1.807, 2.05) is 0 Å². The van der Waals surface area contributed by atoms with Crippen molar-refractivity contribution in [2.24, 2.45) is 0 Å². The molecule has 0 spiro atoms. The molecule has 0 aliphatic carbocycles. The largest absolute Gasteiger partial charge is 0.482 e. The Labute approximate surface area is 90.2 Å². The highest BCUT2D eigenvalue weighted by Gasteiger charge is 2.28. The van der Waals surface area contributed by atoms with Gasteiger partial charge in [0, 0.05) is 6.92 Å². The average Bonchev–Trinajstić information content (AvgIpc) is 2.13. The first-order valence-corrected chi connectivity index (χ1v) is 4.47. The Bertz CT molecular complexity index is 402. The lowest BCUT2D eigenvalue weighted by molar-refractivity contribution is -0.153. The molecule has 1 heterocycles. The first-order valence-electron chi connectivity index (χ1n) is 4.47. The van der Waals surface area contributed by atoms with Crippen LogP contribution in [0.4, 0.5) is 13.2 Å². The molecule has 0 atom stereocenters. The first-order chi connectivity index (χ1) is 7.29. The number of alkyl halides is 3. The number of ether oxygens (including phenoxy) is 1. The Morgan fingerprint density at radius 2 is 2.12 bits per heavy atom. The number of nitrogens with zero attached hydrogens (tertiary/aromatic N) is 1. The van der Waals surface area contributed by atoms with Gasteiger partial charge in [0.05, 0.1) is 6.20 Å². The SMILES string of the molecule is CC(=O)c1ncc(OCC(F)(F)F)cc1C. The summed E-state index contributed by atoms with van der Waals surface area (Å²) < 4.78 is 40.0. The van der Waals surface area contributed by atoms with Crippen LogP contribution in [0.5, 0.6) is 5.75 Å². The number of halogens is 3. The molecule has 0 aromatic carbocycles. The van der Waals surface area contributed by atoms with Crippen LogP contribution in [0.1, 0.15) is 23.0 Å². The van der Waals surface area contributed by atoms with Gasteiger partial charge >= 0.3 is 6.18 Å². The molecule has 0 fully saturated rings. The number of carbonyl (C=O) groups is 1. The summed E-state index contributed by atoms with van der Waals surface area (Å²) >= 11 is 0. The fourth-order valence-electron chi connectivity index (χ4n) is 1.16. The number of Topliss-reactive ketones (excluding diaryl/α,β-unsaturated/α-hetero) is 1. The van der Waals surface area contributed by atoms with Gasteiger partial charge in [0.2, 0.25) is 0 Å². The highest BCUT2D eigenvalue weighted by molar-refractivity contribution is 5.93. The van der Waals surface area contributed by atoms with Crippen LogP contribution in [0, 0.1) is 6.92 Å². The number of aryl methyl sites for hydroxylation is 1. The van der Waals surface area contributed by atoms with Crippen LogP contribution < -0.4 is 4.74 Å². The van der Waals surface area contributed by atoms with E-state index in [4.69, 9.17) is 0 Å². The average molecular weight is 233 g/mol. The third-order valence-electron chi connectivity index (χ3n) is 1.79. The van der Waals surface area contributed by atoms with Gasteiger partial charge in [-0.05, 0) is 18.6 Å². The van der Waals surface area contributed by atoms with Crippen molar-refractivity contribution in [2.45, 2.75) is 20.0 Å². The lowest BCUT2D eigenvalue weighted by Gasteiger charge is -2.10. The Morgan fingerprint density at radius 3 is 2.56 bits per heavy atom. The third kappa shape index (κ3) is 3.52. The van der Waals surface area contributed by atoms with E-state index < -0.39 is 12.8 Å². The first kappa shape index (κ1) is 12.5. The van der Waals surface area contributed by atoms with Crippen molar-refractivity contribution in [2.75, 3.05) is 6.61 Å². The quantitative estimate of drug-likeness (QED) is 0.753. The minimum absolute atomic E-state index is 0.000162. The predicted molar refractivity (Wildman–Crippen MR) is 50.5 cm³/mol. The molecule has 0 saturated heterocycles. The summed E-state index contributed by atoms with van der Waals surface area (Å²) in [6.07, 6.45) is -3.28. The van der Waals surface area contributed by atoms with E-state index in [9.17, 15) is 18.0 Å². The smallest absolute Gasteiger partial charge is 0.422 e. The van der Waals surface area contributed by atoms with Crippen molar-refractivity contribution < 1.29 is 22.7 Å². The molecule has 0 aliphatic heterocycles.